The Balaban J connectivity index is 1.35. The first-order valence-electron chi connectivity index (χ1n) is 15.0. The Hall–Kier alpha value is -4.78. The van der Waals surface area contributed by atoms with E-state index in [4.69, 9.17) is 10.8 Å². The van der Waals surface area contributed by atoms with Gasteiger partial charge in [-0.15, -0.1) is 0 Å². The Morgan fingerprint density at radius 3 is 2.71 bits per heavy atom. The molecule has 1 aromatic carbocycles. The monoisotopic (exact) mass is 618 g/mol. The number of nitrogens with two attached hydrogens (primary N) is 1. The number of amides is 2. The molecule has 1 aliphatic carbocycles. The van der Waals surface area contributed by atoms with Crippen molar-refractivity contribution in [3.63, 3.8) is 0 Å². The number of pyridine rings is 2. The topological polar surface area (TPSA) is 140 Å². The minimum Gasteiger partial charge on any atom is -0.383 e. The van der Waals surface area contributed by atoms with Crippen LogP contribution in [0.15, 0.2) is 54.9 Å². The molecule has 1 fully saturated rings. The van der Waals surface area contributed by atoms with Crippen molar-refractivity contribution in [3.8, 4) is 11.3 Å². The lowest BCUT2D eigenvalue weighted by atomic mass is 9.90. The lowest BCUT2D eigenvalue weighted by Crippen LogP contribution is -2.40. The quantitative estimate of drug-likeness (QED) is 0.243. The van der Waals surface area contributed by atoms with Crippen molar-refractivity contribution in [1.82, 2.24) is 30.4 Å². The summed E-state index contributed by atoms with van der Waals surface area (Å²) in [6.45, 7) is 1.35. The maximum Gasteiger partial charge on any atom is 0.416 e. The minimum absolute atomic E-state index is 0.0162. The Kier molecular flexibility index (Phi) is 8.52. The van der Waals surface area contributed by atoms with Crippen molar-refractivity contribution in [1.29, 1.82) is 0 Å². The fourth-order valence-corrected chi connectivity index (χ4v) is 5.99. The van der Waals surface area contributed by atoms with E-state index in [9.17, 15) is 22.8 Å². The second-order valence-corrected chi connectivity index (χ2v) is 11.4. The van der Waals surface area contributed by atoms with Crippen LogP contribution in [0.3, 0.4) is 0 Å². The molecular weight excluding hydrogens is 585 g/mol. The van der Waals surface area contributed by atoms with Crippen molar-refractivity contribution in [2.45, 2.75) is 56.8 Å². The minimum atomic E-state index is -4.56. The van der Waals surface area contributed by atoms with Gasteiger partial charge in [0.1, 0.15) is 17.3 Å². The molecule has 2 aliphatic rings. The van der Waals surface area contributed by atoms with E-state index >= 15 is 0 Å². The molecule has 45 heavy (non-hydrogen) atoms. The van der Waals surface area contributed by atoms with Crippen LogP contribution >= 0.6 is 0 Å². The molecule has 1 saturated carbocycles. The second-order valence-electron chi connectivity index (χ2n) is 11.4. The fraction of sp³-hybridized carbons (Fsp3) is 0.344. The molecule has 6 rings (SSSR count). The van der Waals surface area contributed by atoms with Crippen molar-refractivity contribution in [3.05, 3.63) is 71.6 Å². The molecule has 1 aliphatic heterocycles. The van der Waals surface area contributed by atoms with Gasteiger partial charge in [-0.05, 0) is 62.9 Å². The Morgan fingerprint density at radius 2 is 1.91 bits per heavy atom. The number of nitrogen functional groups attached to an aromatic ring is 1. The molecule has 13 heteroatoms. The zero-order chi connectivity index (χ0) is 31.6. The maximum atomic E-state index is 13.1. The third-order valence-electron chi connectivity index (χ3n) is 8.20. The van der Waals surface area contributed by atoms with Crippen LogP contribution in [0.5, 0.6) is 0 Å². The van der Waals surface area contributed by atoms with Gasteiger partial charge in [-0.3, -0.25) is 14.3 Å². The van der Waals surface area contributed by atoms with Gasteiger partial charge in [0.2, 0.25) is 5.91 Å². The highest BCUT2D eigenvalue weighted by Crippen LogP contribution is 2.39. The van der Waals surface area contributed by atoms with Crippen LogP contribution in [0.1, 0.15) is 66.1 Å². The number of rotatable bonds is 3. The molecule has 234 valence electrons. The van der Waals surface area contributed by atoms with Crippen LogP contribution in [-0.4, -0.2) is 50.7 Å². The molecule has 10 nitrogen and oxygen atoms in total. The lowest BCUT2D eigenvalue weighted by Gasteiger charge is -2.30. The smallest absolute Gasteiger partial charge is 0.383 e. The predicted octanol–water partition coefficient (Wildman–Crippen LogP) is 5.34. The number of nitrogens with zero attached hydrogens (tertiary/aromatic N) is 4. The summed E-state index contributed by atoms with van der Waals surface area (Å²) in [4.78, 5) is 33.8. The average molecular weight is 619 g/mol. The first kappa shape index (κ1) is 30.3. The van der Waals surface area contributed by atoms with Gasteiger partial charge >= 0.3 is 6.18 Å². The summed E-state index contributed by atoms with van der Waals surface area (Å²) in [7, 11) is 0. The van der Waals surface area contributed by atoms with E-state index in [0.29, 0.717) is 35.4 Å². The van der Waals surface area contributed by atoms with Gasteiger partial charge in [0.25, 0.3) is 5.91 Å². The van der Waals surface area contributed by atoms with Gasteiger partial charge < -0.3 is 21.7 Å². The molecule has 2 amide bonds. The summed E-state index contributed by atoms with van der Waals surface area (Å²) in [6.07, 6.45) is 6.91. The predicted molar refractivity (Wildman–Crippen MR) is 165 cm³/mol. The number of nitrogens with one attached hydrogen (secondary N) is 3. The molecule has 0 unspecified atom stereocenters. The summed E-state index contributed by atoms with van der Waals surface area (Å²) < 4.78 is 41.3. The number of carbonyl (C=O) groups excluding carboxylic acids is 2. The third-order valence-corrected chi connectivity index (χ3v) is 8.20. The molecule has 0 spiro atoms. The highest BCUT2D eigenvalue weighted by molar-refractivity contribution is 6.06. The van der Waals surface area contributed by atoms with Gasteiger partial charge in [0.15, 0.2) is 0 Å². The second kappa shape index (κ2) is 12.7. The highest BCUT2D eigenvalue weighted by Gasteiger charge is 2.31. The highest BCUT2D eigenvalue weighted by atomic mass is 19.4. The van der Waals surface area contributed by atoms with Gasteiger partial charge in [-0.25, -0.2) is 9.97 Å². The summed E-state index contributed by atoms with van der Waals surface area (Å²) >= 11 is 0. The standard InChI is InChI=1S/C32H33F3N8O2/c33-32(34,35)22-11-15-38-25(16-22)41-31(45)20-9-7-19(8-10-20)28-27-29-21(18-39-30(27)36)4-1-2-13-37-14-12-26(44)40-23-5-3-6-24(17-23)43(29)42-28/h1,4,7-11,15-16,18,23-24,37H,2-3,5-6,12-14,17H2,(H2,36,39)(H,40,44)(H,38,41,45)/b4-1+/t23-,24-/m1/s1. The van der Waals surface area contributed by atoms with Crippen LogP contribution in [0.25, 0.3) is 28.2 Å². The number of hydrogen-bond acceptors (Lipinski definition) is 7. The Labute approximate surface area is 257 Å². The number of anilines is 2. The molecule has 5 N–H and O–H groups in total. The third kappa shape index (κ3) is 6.68. The molecule has 4 heterocycles. The molecular formula is C32H33F3N8O2. The maximum absolute atomic E-state index is 13.1. The normalized spacial score (nSPS) is 20.1. The summed E-state index contributed by atoms with van der Waals surface area (Å²) in [5.41, 5.74) is 8.84. The van der Waals surface area contributed by atoms with E-state index in [1.54, 1.807) is 30.5 Å². The number of alkyl halides is 3. The zero-order valence-electron chi connectivity index (χ0n) is 24.4. The van der Waals surface area contributed by atoms with Crippen LogP contribution in [0.2, 0.25) is 0 Å². The molecule has 4 aromatic rings. The van der Waals surface area contributed by atoms with Crippen LogP contribution in [0, 0.1) is 0 Å². The van der Waals surface area contributed by atoms with Crippen molar-refractivity contribution < 1.29 is 22.8 Å². The molecule has 2 atom stereocenters. The van der Waals surface area contributed by atoms with E-state index < -0.39 is 17.6 Å². The molecule has 0 radical (unpaired) electrons. The molecule has 0 saturated heterocycles. The van der Waals surface area contributed by atoms with E-state index in [1.807, 2.05) is 10.8 Å². The number of aromatic nitrogens is 4. The first-order valence-corrected chi connectivity index (χ1v) is 15.0. The number of fused-ring (bicyclic) bond motifs is 3. The summed E-state index contributed by atoms with van der Waals surface area (Å²) in [5, 5.41) is 14.7. The van der Waals surface area contributed by atoms with Gasteiger partial charge in [0, 0.05) is 48.1 Å². The Bertz CT molecular complexity index is 1750. The summed E-state index contributed by atoms with van der Waals surface area (Å²) in [5.74, 6) is -0.449. The van der Waals surface area contributed by atoms with Crippen molar-refractivity contribution in [2.24, 2.45) is 0 Å². The molecule has 2 bridgehead atoms. The largest absolute Gasteiger partial charge is 0.416 e. The molecule has 3 aromatic heterocycles. The average Bonchev–Trinajstić information content (AvgIpc) is 3.43. The fourth-order valence-electron chi connectivity index (χ4n) is 5.99. The zero-order valence-corrected chi connectivity index (χ0v) is 24.4. The lowest BCUT2D eigenvalue weighted by molar-refractivity contribution is -0.137. The van der Waals surface area contributed by atoms with Crippen molar-refractivity contribution in [2.75, 3.05) is 24.1 Å². The van der Waals surface area contributed by atoms with Crippen LogP contribution in [-0.2, 0) is 11.0 Å². The van der Waals surface area contributed by atoms with E-state index in [2.05, 4.69) is 32.0 Å². The van der Waals surface area contributed by atoms with Crippen LogP contribution in [0.4, 0.5) is 24.8 Å². The number of benzene rings is 1. The number of halogens is 3. The summed E-state index contributed by atoms with van der Waals surface area (Å²) in [6, 6.07) is 8.29. The van der Waals surface area contributed by atoms with Crippen molar-refractivity contribution >= 4 is 40.4 Å². The van der Waals surface area contributed by atoms with E-state index in [1.165, 1.54) is 0 Å². The number of hydrogen-bond donors (Lipinski definition) is 4. The Morgan fingerprint density at radius 1 is 1.09 bits per heavy atom. The first-order chi connectivity index (χ1) is 21.7. The van der Waals surface area contributed by atoms with E-state index in [-0.39, 0.29) is 29.4 Å². The van der Waals surface area contributed by atoms with Gasteiger partial charge in [-0.1, -0.05) is 24.3 Å². The van der Waals surface area contributed by atoms with Gasteiger partial charge in [-0.2, -0.15) is 18.3 Å². The van der Waals surface area contributed by atoms with Gasteiger partial charge in [0.05, 0.1) is 22.5 Å². The SMILES string of the molecule is Nc1ncc2c3c1c(-c1ccc(C(=O)Nc4cc(C(F)(F)F)ccn4)cc1)nn3[C@@H]1CCC[C@H](C1)NC(=O)CCNCC/C=C/2. The van der Waals surface area contributed by atoms with E-state index in [0.717, 1.165) is 68.1 Å². The van der Waals surface area contributed by atoms with Crippen LogP contribution < -0.4 is 21.7 Å². The number of carbonyl (C=O) groups is 2.